The molecule has 4 rings (SSSR count). The van der Waals surface area contributed by atoms with E-state index in [0.717, 1.165) is 35.7 Å². The molecule has 2 amide bonds. The summed E-state index contributed by atoms with van der Waals surface area (Å²) in [7, 11) is 0. The van der Waals surface area contributed by atoms with Crippen LogP contribution in [0, 0.1) is 6.92 Å². The molecule has 3 aromatic rings. The van der Waals surface area contributed by atoms with E-state index in [9.17, 15) is 9.59 Å². The van der Waals surface area contributed by atoms with Crippen molar-refractivity contribution in [3.63, 3.8) is 0 Å². The number of thioether (sulfide) groups is 1. The molecule has 2 aromatic carbocycles. The third-order valence-electron chi connectivity index (χ3n) is 4.98. The molecule has 1 aliphatic heterocycles. The summed E-state index contributed by atoms with van der Waals surface area (Å²) in [5, 5.41) is 10.9. The molecule has 0 aliphatic carbocycles. The summed E-state index contributed by atoms with van der Waals surface area (Å²) in [4.78, 5) is 27.1. The zero-order chi connectivity index (χ0) is 20.9. The average molecular weight is 422 g/mol. The van der Waals surface area contributed by atoms with Crippen LogP contribution in [0.25, 0.3) is 0 Å². The van der Waals surface area contributed by atoms with Crippen molar-refractivity contribution in [3.05, 3.63) is 77.1 Å². The fraction of sp³-hybridized carbons (Fsp3) is 0.273. The van der Waals surface area contributed by atoms with Crippen LogP contribution >= 0.6 is 11.8 Å². The van der Waals surface area contributed by atoms with Gasteiger partial charge in [0.2, 0.25) is 0 Å². The van der Waals surface area contributed by atoms with Gasteiger partial charge in [-0.1, -0.05) is 35.5 Å². The highest BCUT2D eigenvalue weighted by atomic mass is 32.2. The van der Waals surface area contributed by atoms with Crippen LogP contribution in [-0.2, 0) is 6.54 Å². The van der Waals surface area contributed by atoms with E-state index in [0.29, 0.717) is 17.8 Å². The average Bonchev–Trinajstić information content (AvgIpc) is 3.24. The van der Waals surface area contributed by atoms with E-state index in [4.69, 9.17) is 0 Å². The molecule has 30 heavy (non-hydrogen) atoms. The first kappa shape index (κ1) is 20.2. The maximum absolute atomic E-state index is 12.7. The van der Waals surface area contributed by atoms with Crippen molar-refractivity contribution in [1.29, 1.82) is 0 Å². The first-order valence-corrected chi connectivity index (χ1v) is 11.0. The molecule has 154 valence electrons. The van der Waals surface area contributed by atoms with Crippen molar-refractivity contribution in [3.8, 4) is 0 Å². The lowest BCUT2D eigenvalue weighted by Gasteiger charge is -2.26. The minimum absolute atomic E-state index is 0.0418. The van der Waals surface area contributed by atoms with Gasteiger partial charge in [0.1, 0.15) is 0 Å². The van der Waals surface area contributed by atoms with Gasteiger partial charge in [0.25, 0.3) is 11.8 Å². The van der Waals surface area contributed by atoms with Crippen LogP contribution < -0.4 is 5.32 Å². The summed E-state index contributed by atoms with van der Waals surface area (Å²) in [6, 6.07) is 15.2. The molecule has 0 saturated carbocycles. The number of carbonyl (C=O) groups is 2. The molecule has 0 unspecified atom stereocenters. The summed E-state index contributed by atoms with van der Waals surface area (Å²) >= 11 is 1.87. The van der Waals surface area contributed by atoms with E-state index in [-0.39, 0.29) is 17.5 Å². The topological polar surface area (TPSA) is 80.1 Å². The summed E-state index contributed by atoms with van der Waals surface area (Å²) < 4.78 is 1.63. The van der Waals surface area contributed by atoms with E-state index in [1.54, 1.807) is 23.0 Å². The number of hydrogen-bond acceptors (Lipinski definition) is 5. The molecule has 0 radical (unpaired) electrons. The van der Waals surface area contributed by atoms with Crippen LogP contribution in [0.3, 0.4) is 0 Å². The largest absolute Gasteiger partial charge is 0.337 e. The van der Waals surface area contributed by atoms with Gasteiger partial charge in [-0.25, -0.2) is 4.68 Å². The number of rotatable bonds is 5. The van der Waals surface area contributed by atoms with E-state index in [1.165, 1.54) is 0 Å². The highest BCUT2D eigenvalue weighted by Crippen LogP contribution is 2.20. The number of aromatic nitrogens is 3. The standard InChI is InChI=1S/C22H23N5O2S/c1-16-13-18(22(29)26-9-11-30-12-10-26)7-8-19(16)23-21(28)20-15-27(25-24-20)14-17-5-3-2-4-6-17/h2-8,13,15H,9-12,14H2,1H3,(H,23,28). The highest BCUT2D eigenvalue weighted by molar-refractivity contribution is 7.99. The summed E-state index contributed by atoms with van der Waals surface area (Å²) in [6.07, 6.45) is 1.63. The maximum atomic E-state index is 12.7. The first-order chi connectivity index (χ1) is 14.6. The second-order valence-electron chi connectivity index (χ2n) is 7.18. The Morgan fingerprint density at radius 1 is 1.10 bits per heavy atom. The van der Waals surface area contributed by atoms with Gasteiger partial charge in [0.05, 0.1) is 12.7 Å². The minimum Gasteiger partial charge on any atom is -0.337 e. The van der Waals surface area contributed by atoms with Crippen molar-refractivity contribution >= 4 is 29.3 Å². The van der Waals surface area contributed by atoms with Crippen LogP contribution in [-0.4, -0.2) is 56.3 Å². The number of nitrogens with zero attached hydrogens (tertiary/aromatic N) is 4. The van der Waals surface area contributed by atoms with Gasteiger partial charge in [0.15, 0.2) is 5.69 Å². The third-order valence-corrected chi connectivity index (χ3v) is 5.92. The maximum Gasteiger partial charge on any atom is 0.277 e. The van der Waals surface area contributed by atoms with Crippen LogP contribution in [0.5, 0.6) is 0 Å². The van der Waals surface area contributed by atoms with E-state index < -0.39 is 0 Å². The number of hydrogen-bond donors (Lipinski definition) is 1. The minimum atomic E-state index is -0.329. The number of benzene rings is 2. The predicted molar refractivity (Wildman–Crippen MR) is 118 cm³/mol. The quantitative estimate of drug-likeness (QED) is 0.685. The fourth-order valence-corrected chi connectivity index (χ4v) is 4.23. The van der Waals surface area contributed by atoms with Crippen LogP contribution in [0.1, 0.15) is 32.0 Å². The van der Waals surface area contributed by atoms with Crippen LogP contribution in [0.15, 0.2) is 54.7 Å². The van der Waals surface area contributed by atoms with E-state index in [1.807, 2.05) is 60.0 Å². The summed E-state index contributed by atoms with van der Waals surface area (Å²) in [6.45, 7) is 3.98. The Morgan fingerprint density at radius 2 is 1.87 bits per heavy atom. The second kappa shape index (κ2) is 9.13. The summed E-state index contributed by atoms with van der Waals surface area (Å²) in [5.41, 5.74) is 3.46. The normalized spacial score (nSPS) is 13.8. The Hall–Kier alpha value is -3.13. The molecule has 8 heteroatoms. The van der Waals surface area contributed by atoms with Crippen molar-refractivity contribution in [2.24, 2.45) is 0 Å². The molecule has 1 fully saturated rings. The Labute approximate surface area is 179 Å². The summed E-state index contributed by atoms with van der Waals surface area (Å²) in [5.74, 6) is 1.66. The fourth-order valence-electron chi connectivity index (χ4n) is 3.32. The zero-order valence-electron chi connectivity index (χ0n) is 16.7. The molecule has 7 nitrogen and oxygen atoms in total. The van der Waals surface area contributed by atoms with Gasteiger partial charge in [-0.2, -0.15) is 11.8 Å². The molecule has 0 bridgehead atoms. The zero-order valence-corrected chi connectivity index (χ0v) is 17.6. The van der Waals surface area contributed by atoms with Gasteiger partial charge in [0, 0.05) is 35.8 Å². The van der Waals surface area contributed by atoms with Crippen molar-refractivity contribution < 1.29 is 9.59 Å². The Balaban J connectivity index is 1.41. The molecule has 0 atom stereocenters. The molecule has 1 saturated heterocycles. The number of aryl methyl sites for hydroxylation is 1. The molecule has 0 spiro atoms. The Morgan fingerprint density at radius 3 is 2.60 bits per heavy atom. The lowest BCUT2D eigenvalue weighted by molar-refractivity contribution is 0.0772. The van der Waals surface area contributed by atoms with E-state index >= 15 is 0 Å². The van der Waals surface area contributed by atoms with Gasteiger partial charge in [-0.3, -0.25) is 9.59 Å². The van der Waals surface area contributed by atoms with Crippen molar-refractivity contribution in [1.82, 2.24) is 19.9 Å². The van der Waals surface area contributed by atoms with Crippen molar-refractivity contribution in [2.45, 2.75) is 13.5 Å². The predicted octanol–water partition coefficient (Wildman–Crippen LogP) is 3.08. The monoisotopic (exact) mass is 421 g/mol. The molecule has 1 N–H and O–H groups in total. The number of anilines is 1. The Bertz CT molecular complexity index is 1040. The smallest absolute Gasteiger partial charge is 0.277 e. The lowest BCUT2D eigenvalue weighted by atomic mass is 10.1. The van der Waals surface area contributed by atoms with Crippen LogP contribution in [0.4, 0.5) is 5.69 Å². The number of amides is 2. The number of carbonyl (C=O) groups excluding carboxylic acids is 2. The van der Waals surface area contributed by atoms with Gasteiger partial charge < -0.3 is 10.2 Å². The first-order valence-electron chi connectivity index (χ1n) is 9.83. The molecule has 1 aromatic heterocycles. The van der Waals surface area contributed by atoms with Gasteiger partial charge >= 0.3 is 0 Å². The molecular weight excluding hydrogens is 398 g/mol. The third kappa shape index (κ3) is 4.71. The Kier molecular flexibility index (Phi) is 6.13. The van der Waals surface area contributed by atoms with Gasteiger partial charge in [-0.15, -0.1) is 5.10 Å². The van der Waals surface area contributed by atoms with Gasteiger partial charge in [-0.05, 0) is 36.2 Å². The second-order valence-corrected chi connectivity index (χ2v) is 8.40. The SMILES string of the molecule is Cc1cc(C(=O)N2CCSCC2)ccc1NC(=O)c1cn(Cc2ccccc2)nn1. The molecule has 2 heterocycles. The van der Waals surface area contributed by atoms with Crippen molar-refractivity contribution in [2.75, 3.05) is 29.9 Å². The number of nitrogens with one attached hydrogen (secondary N) is 1. The molecular formula is C22H23N5O2S. The lowest BCUT2D eigenvalue weighted by Crippen LogP contribution is -2.37. The van der Waals surface area contributed by atoms with E-state index in [2.05, 4.69) is 15.6 Å². The highest BCUT2D eigenvalue weighted by Gasteiger charge is 2.19. The van der Waals surface area contributed by atoms with Crippen LogP contribution in [0.2, 0.25) is 0 Å². The molecule has 1 aliphatic rings.